The van der Waals surface area contributed by atoms with Crippen LogP contribution in [0.25, 0.3) is 16.8 Å². The van der Waals surface area contributed by atoms with Gasteiger partial charge in [0.25, 0.3) is 0 Å². The predicted molar refractivity (Wildman–Crippen MR) is 148 cm³/mol. The number of nitrogens with zero attached hydrogens (tertiary/aromatic N) is 4. The molecule has 2 aromatic carbocycles. The summed E-state index contributed by atoms with van der Waals surface area (Å²) in [6, 6.07) is 14.3. The number of pyridine rings is 1. The lowest BCUT2D eigenvalue weighted by Gasteiger charge is -2.27. The number of benzene rings is 2. The number of hydrogen-bond donors (Lipinski definition) is 0. The van der Waals surface area contributed by atoms with E-state index in [1.165, 1.54) is 7.11 Å². The van der Waals surface area contributed by atoms with Gasteiger partial charge in [-0.05, 0) is 57.9 Å². The van der Waals surface area contributed by atoms with E-state index in [9.17, 15) is 13.2 Å². The number of ether oxygens (including phenoxy) is 1. The molecule has 3 aromatic rings. The molecule has 0 spiro atoms. The number of esters is 1. The van der Waals surface area contributed by atoms with Crippen molar-refractivity contribution in [3.05, 3.63) is 77.6 Å². The van der Waals surface area contributed by atoms with Crippen LogP contribution in [0.15, 0.2) is 71.4 Å². The van der Waals surface area contributed by atoms with Crippen molar-refractivity contribution in [3.63, 3.8) is 0 Å². The molecule has 1 heterocycles. The molecular formula is C28H36N4O4S. The van der Waals surface area contributed by atoms with Crippen LogP contribution in [-0.4, -0.2) is 94.5 Å². The Morgan fingerprint density at radius 1 is 0.973 bits per heavy atom. The molecule has 0 aliphatic heterocycles. The van der Waals surface area contributed by atoms with Gasteiger partial charge in [-0.25, -0.2) is 13.2 Å². The van der Waals surface area contributed by atoms with Crippen LogP contribution in [0.1, 0.15) is 22.8 Å². The van der Waals surface area contributed by atoms with E-state index in [-0.39, 0.29) is 5.97 Å². The highest BCUT2D eigenvalue weighted by atomic mass is 32.2. The van der Waals surface area contributed by atoms with Gasteiger partial charge in [0.15, 0.2) is 0 Å². The summed E-state index contributed by atoms with van der Waals surface area (Å²) in [5, 5.41) is 1.48. The Morgan fingerprint density at radius 3 is 2.35 bits per heavy atom. The summed E-state index contributed by atoms with van der Waals surface area (Å²) in [6.45, 7) is 4.68. The first-order chi connectivity index (χ1) is 17.6. The molecule has 0 radical (unpaired) electrons. The SMILES string of the molecule is COC(=O)c1ccc(C=C(C)CN(C)CCN(CCN(C)C)S(=O)(=O)c2cccc3cnccc23)cc1. The summed E-state index contributed by atoms with van der Waals surface area (Å²) in [5.74, 6) is -0.360. The third-order valence-electron chi connectivity index (χ3n) is 6.05. The van der Waals surface area contributed by atoms with Gasteiger partial charge in [0.2, 0.25) is 10.0 Å². The second-order valence-corrected chi connectivity index (χ2v) is 11.3. The van der Waals surface area contributed by atoms with Crippen LogP contribution in [0.5, 0.6) is 0 Å². The van der Waals surface area contributed by atoms with E-state index in [0.717, 1.165) is 16.5 Å². The Kier molecular flexibility index (Phi) is 9.93. The van der Waals surface area contributed by atoms with Crippen molar-refractivity contribution in [1.29, 1.82) is 0 Å². The lowest BCUT2D eigenvalue weighted by molar-refractivity contribution is 0.0600. The van der Waals surface area contributed by atoms with E-state index in [0.29, 0.717) is 48.6 Å². The number of hydrogen-bond acceptors (Lipinski definition) is 7. The zero-order chi connectivity index (χ0) is 27.0. The number of sulfonamides is 1. The van der Waals surface area contributed by atoms with Crippen LogP contribution in [-0.2, 0) is 14.8 Å². The Morgan fingerprint density at radius 2 is 1.68 bits per heavy atom. The third-order valence-corrected chi connectivity index (χ3v) is 8.01. The maximum absolute atomic E-state index is 13.8. The Hall–Kier alpha value is -3.11. The number of aromatic nitrogens is 1. The highest BCUT2D eigenvalue weighted by Crippen LogP contribution is 2.25. The van der Waals surface area contributed by atoms with Gasteiger partial charge < -0.3 is 14.5 Å². The van der Waals surface area contributed by atoms with E-state index < -0.39 is 10.0 Å². The molecule has 1 aromatic heterocycles. The third kappa shape index (κ3) is 7.69. The van der Waals surface area contributed by atoms with Gasteiger partial charge in [-0.3, -0.25) is 4.98 Å². The van der Waals surface area contributed by atoms with E-state index in [2.05, 4.69) is 16.0 Å². The van der Waals surface area contributed by atoms with Crippen molar-refractivity contribution in [2.45, 2.75) is 11.8 Å². The lowest BCUT2D eigenvalue weighted by atomic mass is 10.1. The second kappa shape index (κ2) is 12.9. The summed E-state index contributed by atoms with van der Waals surface area (Å²) in [6.07, 6.45) is 5.37. The highest BCUT2D eigenvalue weighted by Gasteiger charge is 2.26. The molecule has 8 nitrogen and oxygen atoms in total. The van der Waals surface area contributed by atoms with Gasteiger partial charge in [0, 0.05) is 55.9 Å². The fourth-order valence-electron chi connectivity index (χ4n) is 4.07. The zero-order valence-corrected chi connectivity index (χ0v) is 23.0. The van der Waals surface area contributed by atoms with Gasteiger partial charge in [0.05, 0.1) is 17.6 Å². The highest BCUT2D eigenvalue weighted by molar-refractivity contribution is 7.89. The molecule has 0 unspecified atom stereocenters. The van der Waals surface area contributed by atoms with Crippen LogP contribution >= 0.6 is 0 Å². The average molecular weight is 525 g/mol. The molecule has 0 amide bonds. The van der Waals surface area contributed by atoms with E-state index in [4.69, 9.17) is 4.74 Å². The van der Waals surface area contributed by atoms with E-state index in [1.54, 1.807) is 47.0 Å². The molecule has 37 heavy (non-hydrogen) atoms. The van der Waals surface area contributed by atoms with Gasteiger partial charge in [-0.1, -0.05) is 35.9 Å². The van der Waals surface area contributed by atoms with Crippen LogP contribution in [0.4, 0.5) is 0 Å². The summed E-state index contributed by atoms with van der Waals surface area (Å²) in [4.78, 5) is 20.2. The topological polar surface area (TPSA) is 83.0 Å². The Labute approximate surface area is 220 Å². The van der Waals surface area contributed by atoms with Crippen molar-refractivity contribution in [1.82, 2.24) is 19.1 Å². The first-order valence-electron chi connectivity index (χ1n) is 12.1. The molecule has 0 saturated carbocycles. The van der Waals surface area contributed by atoms with Gasteiger partial charge >= 0.3 is 5.97 Å². The number of fused-ring (bicyclic) bond motifs is 1. The minimum Gasteiger partial charge on any atom is -0.465 e. The first kappa shape index (κ1) is 28.5. The molecule has 0 fully saturated rings. The van der Waals surface area contributed by atoms with Crippen LogP contribution in [0.2, 0.25) is 0 Å². The molecule has 0 atom stereocenters. The molecule has 0 aliphatic carbocycles. The van der Waals surface area contributed by atoms with E-state index in [1.807, 2.05) is 51.2 Å². The molecule has 0 saturated heterocycles. The summed E-state index contributed by atoms with van der Waals surface area (Å²) in [5.41, 5.74) is 2.62. The van der Waals surface area contributed by atoms with Crippen LogP contribution in [0.3, 0.4) is 0 Å². The van der Waals surface area contributed by atoms with Crippen molar-refractivity contribution >= 4 is 32.8 Å². The normalized spacial score (nSPS) is 12.6. The average Bonchev–Trinajstić information content (AvgIpc) is 2.87. The molecule has 198 valence electrons. The molecule has 0 bridgehead atoms. The van der Waals surface area contributed by atoms with Gasteiger partial charge in [0.1, 0.15) is 0 Å². The zero-order valence-electron chi connectivity index (χ0n) is 22.2. The van der Waals surface area contributed by atoms with Crippen molar-refractivity contribution < 1.29 is 17.9 Å². The summed E-state index contributed by atoms with van der Waals surface area (Å²) < 4.78 is 33.8. The molecular weight excluding hydrogens is 488 g/mol. The van der Waals surface area contributed by atoms with Crippen LogP contribution < -0.4 is 0 Å². The van der Waals surface area contributed by atoms with Crippen LogP contribution in [0, 0.1) is 0 Å². The number of carbonyl (C=O) groups excluding carboxylic acids is 1. The first-order valence-corrected chi connectivity index (χ1v) is 13.6. The maximum atomic E-state index is 13.8. The summed E-state index contributed by atoms with van der Waals surface area (Å²) in [7, 11) is 3.51. The van der Waals surface area contributed by atoms with Gasteiger partial charge in [-0.15, -0.1) is 0 Å². The Balaban J connectivity index is 1.71. The smallest absolute Gasteiger partial charge is 0.337 e. The van der Waals surface area contributed by atoms with Crippen molar-refractivity contribution in [2.24, 2.45) is 0 Å². The largest absolute Gasteiger partial charge is 0.465 e. The number of methoxy groups -OCH3 is 1. The summed E-state index contributed by atoms with van der Waals surface area (Å²) >= 11 is 0. The van der Waals surface area contributed by atoms with E-state index >= 15 is 0 Å². The predicted octanol–water partition coefficient (Wildman–Crippen LogP) is 3.61. The standard InChI is InChI=1S/C28H36N4O4S/c1-22(19-23-9-11-24(12-10-23)28(33)36-5)21-31(4)16-18-32(17-15-30(2)3)37(34,35)27-8-6-7-25-20-29-14-13-26(25)27/h6-14,19-20H,15-18,21H2,1-5H3. The second-order valence-electron chi connectivity index (χ2n) is 9.40. The fourth-order valence-corrected chi connectivity index (χ4v) is 5.71. The molecule has 9 heteroatoms. The number of likely N-dealkylation sites (N-methyl/N-ethyl adjacent to an activating group) is 2. The molecule has 0 N–H and O–H groups in total. The molecule has 3 rings (SSSR count). The Bertz CT molecular complexity index is 1330. The lowest BCUT2D eigenvalue weighted by Crippen LogP contribution is -2.41. The monoisotopic (exact) mass is 524 g/mol. The minimum atomic E-state index is -3.71. The number of rotatable bonds is 12. The van der Waals surface area contributed by atoms with Crippen molar-refractivity contribution in [2.75, 3.05) is 61.0 Å². The van der Waals surface area contributed by atoms with Crippen molar-refractivity contribution in [3.8, 4) is 0 Å². The number of carbonyl (C=O) groups is 1. The molecule has 0 aliphatic rings. The fraction of sp³-hybridized carbons (Fsp3) is 0.357. The minimum absolute atomic E-state index is 0.306. The van der Waals surface area contributed by atoms with Gasteiger partial charge in [-0.2, -0.15) is 4.31 Å². The quantitative estimate of drug-likeness (QED) is 0.335. The maximum Gasteiger partial charge on any atom is 0.337 e.